The van der Waals surface area contributed by atoms with E-state index in [1.54, 1.807) is 11.0 Å². The topological polar surface area (TPSA) is 49.8 Å². The van der Waals surface area contributed by atoms with Crippen LogP contribution in [-0.4, -0.2) is 40.4 Å². The quantitative estimate of drug-likeness (QED) is 0.922. The van der Waals surface area contributed by atoms with Crippen LogP contribution in [0.25, 0.3) is 0 Å². The van der Waals surface area contributed by atoms with Gasteiger partial charge in [0.15, 0.2) is 0 Å². The monoisotopic (exact) mass is 323 g/mol. The van der Waals surface area contributed by atoms with Crippen molar-refractivity contribution in [3.63, 3.8) is 0 Å². The van der Waals surface area contributed by atoms with Crippen molar-refractivity contribution in [2.45, 2.75) is 64.2 Å². The van der Waals surface area contributed by atoms with E-state index < -0.39 is 17.8 Å². The van der Waals surface area contributed by atoms with Crippen molar-refractivity contribution in [3.8, 4) is 0 Å². The molecule has 1 aliphatic rings. The van der Waals surface area contributed by atoms with Crippen LogP contribution in [-0.2, 0) is 11.2 Å². The average molecular weight is 323 g/mol. The van der Waals surface area contributed by atoms with Crippen molar-refractivity contribution in [3.05, 3.63) is 35.6 Å². The first-order valence-corrected chi connectivity index (χ1v) is 8.18. The normalized spacial score (nSPS) is 21.3. The van der Waals surface area contributed by atoms with Crippen LogP contribution in [0.2, 0.25) is 0 Å². The van der Waals surface area contributed by atoms with Gasteiger partial charge < -0.3 is 14.7 Å². The second-order valence-corrected chi connectivity index (χ2v) is 7.12. The number of carbonyl (C=O) groups is 1. The molecule has 1 saturated carbocycles. The lowest BCUT2D eigenvalue weighted by molar-refractivity contribution is 0.000982. The molecule has 1 aromatic carbocycles. The molecule has 128 valence electrons. The van der Waals surface area contributed by atoms with Gasteiger partial charge in [-0.1, -0.05) is 12.1 Å². The van der Waals surface area contributed by atoms with Crippen molar-refractivity contribution < 1.29 is 19.0 Å². The number of halogens is 1. The Morgan fingerprint density at radius 3 is 2.70 bits per heavy atom. The molecule has 1 N–H and O–H groups in total. The molecule has 0 spiro atoms. The standard InChI is InChI=1S/C18H26FNO3/c1-18(2,3)23-17(22)20(15-8-5-9-16(15)21)11-10-13-6-4-7-14(19)12-13/h4,6-7,12,15-16,21H,5,8-11H2,1-3H3/t15-,16-/m0/s1. The van der Waals surface area contributed by atoms with E-state index in [9.17, 15) is 14.3 Å². The van der Waals surface area contributed by atoms with Crippen molar-refractivity contribution in [2.75, 3.05) is 6.54 Å². The van der Waals surface area contributed by atoms with Gasteiger partial charge in [0.25, 0.3) is 0 Å². The summed E-state index contributed by atoms with van der Waals surface area (Å²) >= 11 is 0. The van der Waals surface area contributed by atoms with Crippen LogP contribution in [0, 0.1) is 5.82 Å². The van der Waals surface area contributed by atoms with Gasteiger partial charge in [-0.25, -0.2) is 9.18 Å². The maximum absolute atomic E-state index is 13.3. The number of amides is 1. The van der Waals surface area contributed by atoms with E-state index in [2.05, 4.69) is 0 Å². The Morgan fingerprint density at radius 2 is 2.13 bits per heavy atom. The summed E-state index contributed by atoms with van der Waals surface area (Å²) in [6.45, 7) is 5.86. The van der Waals surface area contributed by atoms with Gasteiger partial charge in [-0.3, -0.25) is 0 Å². The number of hydrogen-bond donors (Lipinski definition) is 1. The van der Waals surface area contributed by atoms with E-state index in [0.717, 1.165) is 18.4 Å². The number of benzene rings is 1. The largest absolute Gasteiger partial charge is 0.444 e. The second-order valence-electron chi connectivity index (χ2n) is 7.12. The van der Waals surface area contributed by atoms with Crippen molar-refractivity contribution >= 4 is 6.09 Å². The first-order chi connectivity index (χ1) is 10.8. The third-order valence-corrected chi connectivity index (χ3v) is 4.00. The molecule has 0 bridgehead atoms. The van der Waals surface area contributed by atoms with E-state index >= 15 is 0 Å². The van der Waals surface area contributed by atoms with Crippen LogP contribution in [0.1, 0.15) is 45.6 Å². The molecule has 5 heteroatoms. The number of carbonyl (C=O) groups excluding carboxylic acids is 1. The molecular weight excluding hydrogens is 297 g/mol. The Kier molecular flexibility index (Phi) is 5.63. The molecule has 1 amide bonds. The highest BCUT2D eigenvalue weighted by Crippen LogP contribution is 2.26. The van der Waals surface area contributed by atoms with E-state index in [4.69, 9.17) is 4.74 Å². The molecule has 1 aromatic rings. The Morgan fingerprint density at radius 1 is 1.39 bits per heavy atom. The SMILES string of the molecule is CC(C)(C)OC(=O)N(CCc1cccc(F)c1)[C@H]1CCC[C@@H]1O. The maximum atomic E-state index is 13.3. The zero-order valence-electron chi connectivity index (χ0n) is 14.1. The van der Waals surface area contributed by atoms with Crippen molar-refractivity contribution in [1.82, 2.24) is 4.90 Å². The number of rotatable bonds is 4. The summed E-state index contributed by atoms with van der Waals surface area (Å²) in [5.74, 6) is -0.285. The maximum Gasteiger partial charge on any atom is 0.410 e. The molecule has 1 fully saturated rings. The number of aliphatic hydroxyl groups excluding tert-OH is 1. The fourth-order valence-electron chi connectivity index (χ4n) is 2.94. The molecule has 0 aromatic heterocycles. The minimum atomic E-state index is -0.586. The zero-order valence-corrected chi connectivity index (χ0v) is 14.1. The van der Waals surface area contributed by atoms with Gasteiger partial charge >= 0.3 is 6.09 Å². The minimum Gasteiger partial charge on any atom is -0.444 e. The van der Waals surface area contributed by atoms with Gasteiger partial charge in [0.2, 0.25) is 0 Å². The van der Waals surface area contributed by atoms with Gasteiger partial charge in [-0.2, -0.15) is 0 Å². The lowest BCUT2D eigenvalue weighted by Gasteiger charge is -2.33. The highest BCUT2D eigenvalue weighted by atomic mass is 19.1. The number of ether oxygens (including phenoxy) is 1. The van der Waals surface area contributed by atoms with Crippen LogP contribution in [0.4, 0.5) is 9.18 Å². The molecule has 1 aliphatic carbocycles. The molecule has 0 aliphatic heterocycles. The van der Waals surface area contributed by atoms with Crippen LogP contribution in [0.5, 0.6) is 0 Å². The Hall–Kier alpha value is -1.62. The minimum absolute atomic E-state index is 0.224. The van der Waals surface area contributed by atoms with Gasteiger partial charge in [-0.15, -0.1) is 0 Å². The highest BCUT2D eigenvalue weighted by Gasteiger charge is 2.35. The lowest BCUT2D eigenvalue weighted by atomic mass is 10.1. The van der Waals surface area contributed by atoms with Crippen LogP contribution < -0.4 is 0 Å². The molecule has 23 heavy (non-hydrogen) atoms. The van der Waals surface area contributed by atoms with Crippen molar-refractivity contribution in [1.29, 1.82) is 0 Å². The summed E-state index contributed by atoms with van der Waals surface area (Å²) in [6, 6.07) is 6.14. The summed E-state index contributed by atoms with van der Waals surface area (Å²) < 4.78 is 18.8. The first kappa shape index (κ1) is 17.7. The van der Waals surface area contributed by atoms with Gasteiger partial charge in [0.05, 0.1) is 12.1 Å². The Balaban J connectivity index is 2.08. The summed E-state index contributed by atoms with van der Waals surface area (Å²) in [6.07, 6.45) is 1.95. The average Bonchev–Trinajstić information content (AvgIpc) is 2.83. The molecule has 2 atom stereocenters. The fourth-order valence-corrected chi connectivity index (χ4v) is 2.94. The smallest absolute Gasteiger partial charge is 0.410 e. The van der Waals surface area contributed by atoms with Gasteiger partial charge in [-0.05, 0) is 64.2 Å². The summed E-state index contributed by atoms with van der Waals surface area (Å²) in [4.78, 5) is 14.1. The summed E-state index contributed by atoms with van der Waals surface area (Å²) in [5.41, 5.74) is 0.239. The zero-order chi connectivity index (χ0) is 17.0. The first-order valence-electron chi connectivity index (χ1n) is 8.18. The van der Waals surface area contributed by atoms with E-state index in [1.165, 1.54) is 12.1 Å². The van der Waals surface area contributed by atoms with E-state index in [1.807, 2.05) is 26.8 Å². The summed E-state index contributed by atoms with van der Waals surface area (Å²) in [7, 11) is 0. The molecule has 4 nitrogen and oxygen atoms in total. The molecule has 0 unspecified atom stereocenters. The molecule has 0 radical (unpaired) electrons. The predicted molar refractivity (Wildman–Crippen MR) is 86.7 cm³/mol. The van der Waals surface area contributed by atoms with Crippen LogP contribution in [0.15, 0.2) is 24.3 Å². The number of nitrogens with zero attached hydrogens (tertiary/aromatic N) is 1. The third-order valence-electron chi connectivity index (χ3n) is 4.00. The van der Waals surface area contributed by atoms with Crippen LogP contribution >= 0.6 is 0 Å². The fraction of sp³-hybridized carbons (Fsp3) is 0.611. The predicted octanol–water partition coefficient (Wildman–Crippen LogP) is 3.52. The van der Waals surface area contributed by atoms with Crippen LogP contribution in [0.3, 0.4) is 0 Å². The molecular formula is C18H26FNO3. The third kappa shape index (κ3) is 5.20. The lowest BCUT2D eigenvalue weighted by Crippen LogP contribution is -2.47. The number of aliphatic hydroxyl groups is 1. The molecule has 0 saturated heterocycles. The van der Waals surface area contributed by atoms with E-state index in [-0.39, 0.29) is 11.9 Å². The van der Waals surface area contributed by atoms with Gasteiger partial charge in [0, 0.05) is 6.54 Å². The summed E-state index contributed by atoms with van der Waals surface area (Å²) in [5, 5.41) is 10.1. The highest BCUT2D eigenvalue weighted by molar-refractivity contribution is 5.68. The van der Waals surface area contributed by atoms with Crippen molar-refractivity contribution in [2.24, 2.45) is 0 Å². The molecule has 0 heterocycles. The molecule has 2 rings (SSSR count). The Bertz CT molecular complexity index is 541. The van der Waals surface area contributed by atoms with Gasteiger partial charge in [0.1, 0.15) is 11.4 Å². The number of hydrogen-bond acceptors (Lipinski definition) is 3. The van der Waals surface area contributed by atoms with E-state index in [0.29, 0.717) is 19.4 Å². The Labute approximate surface area is 137 Å². The second kappa shape index (κ2) is 7.30.